The van der Waals surface area contributed by atoms with E-state index < -0.39 is 0 Å². The van der Waals surface area contributed by atoms with Crippen LogP contribution in [0.15, 0.2) is 18.2 Å². The first-order valence-electron chi connectivity index (χ1n) is 6.72. The molecule has 1 N–H and O–H groups in total. The maximum Gasteiger partial charge on any atom is 0.0776 e. The number of aromatic nitrogens is 2. The molecule has 0 bridgehead atoms. The summed E-state index contributed by atoms with van der Waals surface area (Å²) in [6.07, 6.45) is 1.12. The van der Waals surface area contributed by atoms with Gasteiger partial charge >= 0.3 is 0 Å². The molecule has 4 heteroatoms. The van der Waals surface area contributed by atoms with Gasteiger partial charge in [0, 0.05) is 0 Å². The predicted molar refractivity (Wildman–Crippen MR) is 80.7 cm³/mol. The number of nitrogens with zero attached hydrogens (tertiary/aromatic N) is 2. The smallest absolute Gasteiger partial charge is 0.0776 e. The quantitative estimate of drug-likeness (QED) is 0.906. The van der Waals surface area contributed by atoms with Gasteiger partial charge in [-0.05, 0) is 50.8 Å². The molecule has 3 nitrogen and oxygen atoms in total. The normalized spacial score (nSPS) is 12.6. The fourth-order valence-corrected chi connectivity index (χ4v) is 3.08. The van der Waals surface area contributed by atoms with E-state index in [0.717, 1.165) is 18.7 Å². The van der Waals surface area contributed by atoms with Crippen molar-refractivity contribution < 1.29 is 0 Å². The van der Waals surface area contributed by atoms with Crippen LogP contribution >= 0.6 is 11.5 Å². The highest BCUT2D eigenvalue weighted by molar-refractivity contribution is 7.05. The van der Waals surface area contributed by atoms with Crippen LogP contribution in [0.4, 0.5) is 0 Å². The zero-order valence-corrected chi connectivity index (χ0v) is 12.8. The lowest BCUT2D eigenvalue weighted by Gasteiger charge is -2.19. The van der Waals surface area contributed by atoms with Crippen molar-refractivity contribution >= 4 is 11.5 Å². The van der Waals surface area contributed by atoms with Gasteiger partial charge in [-0.15, -0.1) is 5.10 Å². The first-order valence-corrected chi connectivity index (χ1v) is 7.49. The van der Waals surface area contributed by atoms with E-state index in [1.807, 2.05) is 6.92 Å². The Bertz CT molecular complexity index is 528. The van der Waals surface area contributed by atoms with Crippen molar-refractivity contribution in [2.45, 2.75) is 40.2 Å². The summed E-state index contributed by atoms with van der Waals surface area (Å²) in [6, 6.07) is 6.91. The number of hydrogen-bond donors (Lipinski definition) is 1. The van der Waals surface area contributed by atoms with E-state index in [2.05, 4.69) is 53.9 Å². The molecule has 1 unspecified atom stereocenters. The molecule has 0 saturated heterocycles. The number of hydrogen-bond acceptors (Lipinski definition) is 4. The second kappa shape index (κ2) is 6.26. The lowest BCUT2D eigenvalue weighted by molar-refractivity contribution is 0.602. The minimum atomic E-state index is 0.207. The highest BCUT2D eigenvalue weighted by Gasteiger charge is 2.19. The van der Waals surface area contributed by atoms with Crippen LogP contribution in [0.3, 0.4) is 0 Å². The van der Waals surface area contributed by atoms with Crippen LogP contribution in [0.2, 0.25) is 0 Å². The molecule has 0 amide bonds. The Morgan fingerprint density at radius 3 is 2.37 bits per heavy atom. The molecule has 2 aromatic rings. The first kappa shape index (κ1) is 14.2. The molecule has 0 spiro atoms. The van der Waals surface area contributed by atoms with Crippen LogP contribution in [-0.4, -0.2) is 16.1 Å². The second-order valence-corrected chi connectivity index (χ2v) is 5.82. The Morgan fingerprint density at radius 2 is 1.84 bits per heavy atom. The van der Waals surface area contributed by atoms with E-state index in [4.69, 9.17) is 0 Å². The highest BCUT2D eigenvalue weighted by Crippen LogP contribution is 2.28. The SMILES string of the molecule is CCCNC(c1cc(C)cc(C)c1)c1snnc1C. The molecule has 0 aliphatic carbocycles. The molecular weight excluding hydrogens is 254 g/mol. The third-order valence-electron chi connectivity index (χ3n) is 3.12. The molecular formula is C15H21N3S. The van der Waals surface area contributed by atoms with E-state index in [1.165, 1.54) is 33.1 Å². The number of rotatable bonds is 5. The lowest BCUT2D eigenvalue weighted by Crippen LogP contribution is -2.23. The Morgan fingerprint density at radius 1 is 1.16 bits per heavy atom. The topological polar surface area (TPSA) is 37.8 Å². The Kier molecular flexibility index (Phi) is 4.66. The van der Waals surface area contributed by atoms with Gasteiger partial charge in [0.1, 0.15) is 0 Å². The van der Waals surface area contributed by atoms with Crippen molar-refractivity contribution in [2.75, 3.05) is 6.54 Å². The Labute approximate surface area is 119 Å². The van der Waals surface area contributed by atoms with Crippen molar-refractivity contribution in [3.63, 3.8) is 0 Å². The van der Waals surface area contributed by atoms with Gasteiger partial charge in [-0.25, -0.2) is 0 Å². The average Bonchev–Trinajstić information content (AvgIpc) is 2.75. The van der Waals surface area contributed by atoms with Gasteiger partial charge in [0.25, 0.3) is 0 Å². The van der Waals surface area contributed by atoms with Crippen molar-refractivity contribution in [1.82, 2.24) is 14.9 Å². The van der Waals surface area contributed by atoms with Gasteiger partial charge in [-0.3, -0.25) is 0 Å². The second-order valence-electron chi connectivity index (χ2n) is 5.03. The van der Waals surface area contributed by atoms with Crippen LogP contribution in [0, 0.1) is 20.8 Å². The van der Waals surface area contributed by atoms with E-state index in [1.54, 1.807) is 0 Å². The molecule has 102 valence electrons. The molecule has 0 aliphatic rings. The van der Waals surface area contributed by atoms with Gasteiger partial charge in [-0.1, -0.05) is 40.7 Å². The van der Waals surface area contributed by atoms with Crippen LogP contribution in [0.1, 0.15) is 46.6 Å². The molecule has 1 heterocycles. The van der Waals surface area contributed by atoms with Gasteiger partial charge in [-0.2, -0.15) is 0 Å². The summed E-state index contributed by atoms with van der Waals surface area (Å²) in [5, 5.41) is 7.76. The van der Waals surface area contributed by atoms with Crippen molar-refractivity contribution in [3.8, 4) is 0 Å². The predicted octanol–water partition coefficient (Wildman–Crippen LogP) is 3.55. The summed E-state index contributed by atoms with van der Waals surface area (Å²) in [7, 11) is 0. The summed E-state index contributed by atoms with van der Waals surface area (Å²) < 4.78 is 4.07. The lowest BCUT2D eigenvalue weighted by atomic mass is 9.99. The molecule has 0 fully saturated rings. The largest absolute Gasteiger partial charge is 0.305 e. The fourth-order valence-electron chi connectivity index (χ4n) is 2.33. The van der Waals surface area contributed by atoms with E-state index in [-0.39, 0.29) is 6.04 Å². The first-order chi connectivity index (χ1) is 9.11. The zero-order valence-electron chi connectivity index (χ0n) is 12.0. The minimum absolute atomic E-state index is 0.207. The maximum absolute atomic E-state index is 4.14. The van der Waals surface area contributed by atoms with Crippen molar-refractivity contribution in [1.29, 1.82) is 0 Å². The molecule has 1 aromatic carbocycles. The van der Waals surface area contributed by atoms with Gasteiger partial charge in [0.15, 0.2) is 0 Å². The molecule has 0 saturated carbocycles. The van der Waals surface area contributed by atoms with Crippen molar-refractivity contribution in [2.24, 2.45) is 0 Å². The van der Waals surface area contributed by atoms with Crippen LogP contribution in [0.5, 0.6) is 0 Å². The summed E-state index contributed by atoms with van der Waals surface area (Å²) in [6.45, 7) is 9.50. The zero-order chi connectivity index (χ0) is 13.8. The van der Waals surface area contributed by atoms with Gasteiger partial charge in [0.05, 0.1) is 16.6 Å². The molecule has 19 heavy (non-hydrogen) atoms. The monoisotopic (exact) mass is 275 g/mol. The minimum Gasteiger partial charge on any atom is -0.305 e. The number of nitrogens with one attached hydrogen (secondary N) is 1. The fraction of sp³-hybridized carbons (Fsp3) is 0.467. The Hall–Kier alpha value is -1.26. The van der Waals surface area contributed by atoms with Crippen LogP contribution in [0.25, 0.3) is 0 Å². The molecule has 1 atom stereocenters. The Balaban J connectivity index is 2.39. The third kappa shape index (κ3) is 3.39. The van der Waals surface area contributed by atoms with E-state index in [9.17, 15) is 0 Å². The molecule has 0 radical (unpaired) electrons. The number of benzene rings is 1. The summed E-state index contributed by atoms with van der Waals surface area (Å²) in [5.74, 6) is 0. The van der Waals surface area contributed by atoms with E-state index in [0.29, 0.717) is 0 Å². The third-order valence-corrected chi connectivity index (χ3v) is 4.02. The van der Waals surface area contributed by atoms with Gasteiger partial charge in [0.2, 0.25) is 0 Å². The molecule has 2 rings (SSSR count). The van der Waals surface area contributed by atoms with Gasteiger partial charge < -0.3 is 5.32 Å². The summed E-state index contributed by atoms with van der Waals surface area (Å²) >= 11 is 1.49. The van der Waals surface area contributed by atoms with Crippen LogP contribution < -0.4 is 5.32 Å². The van der Waals surface area contributed by atoms with E-state index >= 15 is 0 Å². The highest BCUT2D eigenvalue weighted by atomic mass is 32.1. The van der Waals surface area contributed by atoms with Crippen molar-refractivity contribution in [3.05, 3.63) is 45.5 Å². The standard InChI is InChI=1S/C15H21N3S/c1-5-6-16-14(15-12(4)17-18-19-15)13-8-10(2)7-11(3)9-13/h7-9,14,16H,5-6H2,1-4H3. The summed E-state index contributed by atoms with van der Waals surface area (Å²) in [4.78, 5) is 1.22. The maximum atomic E-state index is 4.14. The summed E-state index contributed by atoms with van der Waals surface area (Å²) in [5.41, 5.74) is 4.93. The van der Waals surface area contributed by atoms with Crippen LogP contribution in [-0.2, 0) is 0 Å². The average molecular weight is 275 g/mol. The number of aryl methyl sites for hydroxylation is 3. The molecule has 1 aromatic heterocycles. The molecule has 0 aliphatic heterocycles.